The van der Waals surface area contributed by atoms with Crippen LogP contribution in [0.5, 0.6) is 0 Å². The maximum Gasteiger partial charge on any atom is 0.416 e. The van der Waals surface area contributed by atoms with E-state index < -0.39 is 11.7 Å². The molecule has 0 saturated carbocycles. The fourth-order valence-electron chi connectivity index (χ4n) is 1.76. The van der Waals surface area contributed by atoms with Crippen molar-refractivity contribution in [2.75, 3.05) is 5.32 Å². The lowest BCUT2D eigenvalue weighted by Crippen LogP contribution is -2.12. The molecule has 0 atom stereocenters. The molecule has 0 radical (unpaired) electrons. The van der Waals surface area contributed by atoms with Gasteiger partial charge in [-0.3, -0.25) is 0 Å². The van der Waals surface area contributed by atoms with Crippen molar-refractivity contribution in [3.05, 3.63) is 58.1 Å². The van der Waals surface area contributed by atoms with Crippen LogP contribution in [0.1, 0.15) is 11.1 Å². The van der Waals surface area contributed by atoms with Gasteiger partial charge in [-0.25, -0.2) is 0 Å². The van der Waals surface area contributed by atoms with Crippen LogP contribution in [0, 0.1) is 0 Å². The second-order valence-corrected chi connectivity index (χ2v) is 5.61. The maximum absolute atomic E-state index is 12.7. The molecular weight excluding hydrogens is 365 g/mol. The number of benzene rings is 2. The van der Waals surface area contributed by atoms with E-state index in [1.807, 2.05) is 0 Å². The second kappa shape index (κ2) is 6.03. The Morgan fingerprint density at radius 1 is 1.14 bits per heavy atom. The van der Waals surface area contributed by atoms with E-state index in [0.717, 1.165) is 16.6 Å². The highest BCUT2D eigenvalue weighted by Gasteiger charge is 2.30. The molecule has 0 unspecified atom stereocenters. The molecule has 2 rings (SSSR count). The van der Waals surface area contributed by atoms with Gasteiger partial charge in [-0.2, -0.15) is 13.2 Å². The summed E-state index contributed by atoms with van der Waals surface area (Å²) in [4.78, 5) is 0.158. The first-order valence-corrected chi connectivity index (χ1v) is 7.01. The fraction of sp³-hybridized carbons (Fsp3) is 0.0714. The minimum Gasteiger partial charge on any atom is -0.389 e. The van der Waals surface area contributed by atoms with E-state index in [2.05, 4.69) is 21.2 Å². The lowest BCUT2D eigenvalue weighted by atomic mass is 10.1. The average Bonchev–Trinajstić information content (AvgIpc) is 2.40. The molecule has 0 aliphatic carbocycles. The summed E-state index contributed by atoms with van der Waals surface area (Å²) >= 11 is 8.24. The van der Waals surface area contributed by atoms with Crippen LogP contribution in [0.4, 0.5) is 24.5 Å². The summed E-state index contributed by atoms with van der Waals surface area (Å²) in [5.41, 5.74) is 6.31. The molecule has 0 saturated heterocycles. The van der Waals surface area contributed by atoms with Crippen LogP contribution < -0.4 is 11.1 Å². The molecule has 0 amide bonds. The Morgan fingerprint density at radius 3 is 2.48 bits per heavy atom. The summed E-state index contributed by atoms with van der Waals surface area (Å²) in [6.45, 7) is 0. The molecule has 21 heavy (non-hydrogen) atoms. The lowest BCUT2D eigenvalue weighted by molar-refractivity contribution is -0.137. The summed E-state index contributed by atoms with van der Waals surface area (Å²) < 4.78 is 38.9. The molecule has 2 aromatic rings. The number of thiocarbonyl (C=S) groups is 1. The molecule has 0 aliphatic rings. The third-order valence-corrected chi connectivity index (χ3v) is 3.43. The molecule has 0 bridgehead atoms. The van der Waals surface area contributed by atoms with Gasteiger partial charge >= 0.3 is 6.18 Å². The van der Waals surface area contributed by atoms with Gasteiger partial charge in [0.25, 0.3) is 0 Å². The van der Waals surface area contributed by atoms with Crippen LogP contribution in [-0.2, 0) is 6.18 Å². The van der Waals surface area contributed by atoms with E-state index in [0.29, 0.717) is 16.9 Å². The van der Waals surface area contributed by atoms with Crippen LogP contribution in [0.25, 0.3) is 0 Å². The Balaban J connectivity index is 2.37. The predicted molar refractivity (Wildman–Crippen MR) is 84.8 cm³/mol. The Morgan fingerprint density at radius 2 is 1.86 bits per heavy atom. The second-order valence-electron chi connectivity index (χ2n) is 4.26. The van der Waals surface area contributed by atoms with Gasteiger partial charge < -0.3 is 11.1 Å². The van der Waals surface area contributed by atoms with E-state index in [9.17, 15) is 13.2 Å². The predicted octanol–water partition coefficient (Wildman–Crippen LogP) is 4.85. The summed E-state index contributed by atoms with van der Waals surface area (Å²) in [5, 5.41) is 2.91. The number of hydrogen-bond acceptors (Lipinski definition) is 2. The van der Waals surface area contributed by atoms with Crippen LogP contribution in [0.15, 0.2) is 46.9 Å². The van der Waals surface area contributed by atoms with Crippen molar-refractivity contribution in [1.82, 2.24) is 0 Å². The first kappa shape index (κ1) is 15.8. The molecule has 0 fully saturated rings. The topological polar surface area (TPSA) is 38.0 Å². The molecule has 7 heteroatoms. The highest BCUT2D eigenvalue weighted by atomic mass is 79.9. The van der Waals surface area contributed by atoms with Gasteiger partial charge in [0.2, 0.25) is 0 Å². The van der Waals surface area contributed by atoms with Gasteiger partial charge in [0, 0.05) is 21.4 Å². The summed E-state index contributed by atoms with van der Waals surface area (Å²) in [6.07, 6.45) is -4.39. The number of rotatable bonds is 3. The monoisotopic (exact) mass is 374 g/mol. The van der Waals surface area contributed by atoms with Gasteiger partial charge in [-0.15, -0.1) is 0 Å². The largest absolute Gasteiger partial charge is 0.416 e. The third-order valence-electron chi connectivity index (χ3n) is 2.72. The SMILES string of the molecule is NC(=S)c1cc(Br)ccc1Nc1cccc(C(F)(F)F)c1. The van der Waals surface area contributed by atoms with E-state index in [4.69, 9.17) is 18.0 Å². The summed E-state index contributed by atoms with van der Waals surface area (Å²) in [6, 6.07) is 10.1. The number of nitrogens with two attached hydrogens (primary N) is 1. The van der Waals surface area contributed by atoms with Gasteiger partial charge in [0.1, 0.15) is 4.99 Å². The normalized spacial score (nSPS) is 11.2. The first-order valence-electron chi connectivity index (χ1n) is 5.81. The first-order chi connectivity index (χ1) is 9.77. The standard InChI is InChI=1S/C14H10BrF3N2S/c15-9-4-5-12(11(7-9)13(19)21)20-10-3-1-2-8(6-10)14(16,17)18/h1-7,20H,(H2,19,21). The molecule has 3 N–H and O–H groups in total. The van der Waals surface area contributed by atoms with Crippen LogP contribution >= 0.6 is 28.1 Å². The van der Waals surface area contributed by atoms with E-state index in [1.54, 1.807) is 24.3 Å². The zero-order valence-electron chi connectivity index (χ0n) is 10.5. The van der Waals surface area contributed by atoms with Crippen molar-refractivity contribution in [2.24, 2.45) is 5.73 Å². The van der Waals surface area contributed by atoms with Crippen molar-refractivity contribution in [3.63, 3.8) is 0 Å². The number of hydrogen-bond donors (Lipinski definition) is 2. The molecule has 0 spiro atoms. The van der Waals surface area contributed by atoms with E-state index >= 15 is 0 Å². The van der Waals surface area contributed by atoms with Gasteiger partial charge in [0.05, 0.1) is 5.56 Å². The molecule has 0 aromatic heterocycles. The molecular formula is C14H10BrF3N2S. The lowest BCUT2D eigenvalue weighted by Gasteiger charge is -2.13. The van der Waals surface area contributed by atoms with Gasteiger partial charge in [-0.05, 0) is 36.4 Å². The Labute approximate surface area is 133 Å². The zero-order valence-corrected chi connectivity index (χ0v) is 12.9. The molecule has 0 heterocycles. The Bertz CT molecular complexity index is 686. The van der Waals surface area contributed by atoms with Crippen LogP contribution in [-0.4, -0.2) is 4.99 Å². The number of halogens is 4. The molecule has 0 aliphatic heterocycles. The average molecular weight is 375 g/mol. The van der Waals surface area contributed by atoms with Crippen LogP contribution in [0.2, 0.25) is 0 Å². The number of nitrogens with one attached hydrogen (secondary N) is 1. The van der Waals surface area contributed by atoms with Crippen molar-refractivity contribution in [1.29, 1.82) is 0 Å². The van der Waals surface area contributed by atoms with Gasteiger partial charge in [-0.1, -0.05) is 34.2 Å². The van der Waals surface area contributed by atoms with Crippen LogP contribution in [0.3, 0.4) is 0 Å². The summed E-state index contributed by atoms with van der Waals surface area (Å²) in [5.74, 6) is 0. The minimum absolute atomic E-state index is 0.158. The highest BCUT2D eigenvalue weighted by molar-refractivity contribution is 9.10. The smallest absolute Gasteiger partial charge is 0.389 e. The van der Waals surface area contributed by atoms with Crippen molar-refractivity contribution < 1.29 is 13.2 Å². The van der Waals surface area contributed by atoms with Crippen molar-refractivity contribution in [3.8, 4) is 0 Å². The number of anilines is 2. The zero-order chi connectivity index (χ0) is 15.6. The Kier molecular flexibility index (Phi) is 4.53. The van der Waals surface area contributed by atoms with E-state index in [-0.39, 0.29) is 4.99 Å². The molecule has 2 nitrogen and oxygen atoms in total. The quantitative estimate of drug-likeness (QED) is 0.754. The molecule has 2 aromatic carbocycles. The highest BCUT2D eigenvalue weighted by Crippen LogP contribution is 2.32. The van der Waals surface area contributed by atoms with Crippen molar-refractivity contribution in [2.45, 2.75) is 6.18 Å². The Hall–Kier alpha value is -1.60. The minimum atomic E-state index is -4.39. The molecule has 110 valence electrons. The summed E-state index contributed by atoms with van der Waals surface area (Å²) in [7, 11) is 0. The number of alkyl halides is 3. The van der Waals surface area contributed by atoms with Crippen molar-refractivity contribution >= 4 is 44.5 Å². The van der Waals surface area contributed by atoms with E-state index in [1.165, 1.54) is 6.07 Å². The third kappa shape index (κ3) is 3.95. The maximum atomic E-state index is 12.7. The van der Waals surface area contributed by atoms with Gasteiger partial charge in [0.15, 0.2) is 0 Å². The fourth-order valence-corrected chi connectivity index (χ4v) is 2.29.